The van der Waals surface area contributed by atoms with Crippen LogP contribution in [-0.4, -0.2) is 4.98 Å². The molecule has 3 heteroatoms. The van der Waals surface area contributed by atoms with Crippen LogP contribution in [0.2, 0.25) is 5.15 Å². The Kier molecular flexibility index (Phi) is 1.93. The van der Waals surface area contributed by atoms with Crippen molar-refractivity contribution in [3.8, 4) is 0 Å². The number of fused-ring (bicyclic) bond motifs is 1. The standard InChI is InChI=1S/C10H7ClFN/c1-6-4-8(12)7-2-3-10(11)13-9(7)5-6/h2-5H,1H3. The Balaban J connectivity index is 2.86. The number of benzene rings is 1. The minimum atomic E-state index is -0.251. The van der Waals surface area contributed by atoms with Crippen molar-refractivity contribution >= 4 is 22.5 Å². The summed E-state index contributed by atoms with van der Waals surface area (Å²) in [6.45, 7) is 1.82. The molecular weight excluding hydrogens is 189 g/mol. The molecule has 0 spiro atoms. The molecule has 0 saturated carbocycles. The molecule has 1 heterocycles. The first-order valence-corrected chi connectivity index (χ1v) is 4.27. The van der Waals surface area contributed by atoms with Gasteiger partial charge in [0.2, 0.25) is 0 Å². The first-order chi connectivity index (χ1) is 6.16. The van der Waals surface area contributed by atoms with Crippen LogP contribution in [0.4, 0.5) is 4.39 Å². The lowest BCUT2D eigenvalue weighted by Crippen LogP contribution is -1.85. The van der Waals surface area contributed by atoms with E-state index >= 15 is 0 Å². The van der Waals surface area contributed by atoms with E-state index in [2.05, 4.69) is 4.98 Å². The molecule has 0 aliphatic rings. The Morgan fingerprint density at radius 3 is 2.85 bits per heavy atom. The second-order valence-electron chi connectivity index (χ2n) is 2.95. The summed E-state index contributed by atoms with van der Waals surface area (Å²) in [5.41, 5.74) is 1.45. The van der Waals surface area contributed by atoms with Gasteiger partial charge in [-0.05, 0) is 36.8 Å². The number of aryl methyl sites for hydroxylation is 1. The van der Waals surface area contributed by atoms with Gasteiger partial charge >= 0.3 is 0 Å². The van der Waals surface area contributed by atoms with Gasteiger partial charge in [-0.2, -0.15) is 0 Å². The maximum atomic E-state index is 13.3. The van der Waals surface area contributed by atoms with Crippen LogP contribution in [0.15, 0.2) is 24.3 Å². The second kappa shape index (κ2) is 2.96. The van der Waals surface area contributed by atoms with Crippen LogP contribution in [-0.2, 0) is 0 Å². The molecular formula is C10H7ClFN. The third kappa shape index (κ3) is 1.49. The van der Waals surface area contributed by atoms with E-state index in [0.717, 1.165) is 5.56 Å². The molecule has 0 saturated heterocycles. The first kappa shape index (κ1) is 8.45. The zero-order valence-corrected chi connectivity index (χ0v) is 7.77. The predicted molar refractivity (Wildman–Crippen MR) is 51.4 cm³/mol. The van der Waals surface area contributed by atoms with E-state index in [-0.39, 0.29) is 5.82 Å². The molecule has 0 fully saturated rings. The van der Waals surface area contributed by atoms with Gasteiger partial charge in [-0.1, -0.05) is 11.6 Å². The smallest absolute Gasteiger partial charge is 0.132 e. The Morgan fingerprint density at radius 1 is 1.31 bits per heavy atom. The van der Waals surface area contributed by atoms with E-state index in [1.165, 1.54) is 6.07 Å². The SMILES string of the molecule is Cc1cc(F)c2ccc(Cl)nc2c1. The van der Waals surface area contributed by atoms with Crippen molar-refractivity contribution < 1.29 is 4.39 Å². The highest BCUT2D eigenvalue weighted by Crippen LogP contribution is 2.19. The van der Waals surface area contributed by atoms with Crippen LogP contribution in [0.5, 0.6) is 0 Å². The molecule has 0 amide bonds. The van der Waals surface area contributed by atoms with Gasteiger partial charge in [-0.25, -0.2) is 9.37 Å². The van der Waals surface area contributed by atoms with Crippen LogP contribution in [0.25, 0.3) is 10.9 Å². The number of pyridine rings is 1. The number of rotatable bonds is 0. The predicted octanol–water partition coefficient (Wildman–Crippen LogP) is 3.34. The van der Waals surface area contributed by atoms with Crippen LogP contribution in [0, 0.1) is 12.7 Å². The summed E-state index contributed by atoms with van der Waals surface area (Å²) < 4.78 is 13.3. The van der Waals surface area contributed by atoms with E-state index in [1.54, 1.807) is 12.1 Å². The van der Waals surface area contributed by atoms with E-state index in [1.807, 2.05) is 13.0 Å². The first-order valence-electron chi connectivity index (χ1n) is 3.89. The zero-order chi connectivity index (χ0) is 9.42. The van der Waals surface area contributed by atoms with Gasteiger partial charge in [0.1, 0.15) is 11.0 Å². The molecule has 1 aromatic heterocycles. The molecule has 0 unspecified atom stereocenters. The van der Waals surface area contributed by atoms with E-state index < -0.39 is 0 Å². The Bertz CT molecular complexity index is 462. The monoisotopic (exact) mass is 195 g/mol. The lowest BCUT2D eigenvalue weighted by Gasteiger charge is -2.00. The van der Waals surface area contributed by atoms with Crippen molar-refractivity contribution in [2.75, 3.05) is 0 Å². The quantitative estimate of drug-likeness (QED) is 0.588. The second-order valence-corrected chi connectivity index (χ2v) is 3.33. The summed E-state index contributed by atoms with van der Waals surface area (Å²) in [5, 5.41) is 0.896. The Morgan fingerprint density at radius 2 is 2.08 bits per heavy atom. The maximum Gasteiger partial charge on any atom is 0.132 e. The van der Waals surface area contributed by atoms with E-state index in [0.29, 0.717) is 16.1 Å². The van der Waals surface area contributed by atoms with Crippen molar-refractivity contribution in [1.82, 2.24) is 4.98 Å². The Labute approximate surface area is 80.2 Å². The van der Waals surface area contributed by atoms with Crippen molar-refractivity contribution in [1.29, 1.82) is 0 Å². The topological polar surface area (TPSA) is 12.9 Å². The molecule has 1 nitrogen and oxygen atoms in total. The summed E-state index contributed by atoms with van der Waals surface area (Å²) >= 11 is 5.69. The summed E-state index contributed by atoms with van der Waals surface area (Å²) in [4.78, 5) is 4.02. The Hall–Kier alpha value is -1.15. The number of halogens is 2. The summed E-state index contributed by atoms with van der Waals surface area (Å²) in [6, 6.07) is 6.52. The largest absolute Gasteiger partial charge is 0.236 e. The van der Waals surface area contributed by atoms with Gasteiger partial charge in [0.05, 0.1) is 5.52 Å². The van der Waals surface area contributed by atoms with Crippen molar-refractivity contribution in [3.63, 3.8) is 0 Å². The zero-order valence-electron chi connectivity index (χ0n) is 7.01. The fraction of sp³-hybridized carbons (Fsp3) is 0.100. The van der Waals surface area contributed by atoms with Crippen LogP contribution in [0.3, 0.4) is 0 Å². The van der Waals surface area contributed by atoms with Gasteiger partial charge in [-0.15, -0.1) is 0 Å². The average Bonchev–Trinajstić information content (AvgIpc) is 2.02. The van der Waals surface area contributed by atoms with Gasteiger partial charge < -0.3 is 0 Å². The van der Waals surface area contributed by atoms with Crippen molar-refractivity contribution in [3.05, 3.63) is 40.8 Å². The lowest BCUT2D eigenvalue weighted by atomic mass is 10.1. The van der Waals surface area contributed by atoms with Crippen LogP contribution >= 0.6 is 11.6 Å². The molecule has 0 aliphatic heterocycles. The molecule has 2 rings (SSSR count). The minimum absolute atomic E-state index is 0.251. The highest BCUT2D eigenvalue weighted by molar-refractivity contribution is 6.29. The fourth-order valence-corrected chi connectivity index (χ4v) is 1.45. The highest BCUT2D eigenvalue weighted by Gasteiger charge is 2.02. The third-order valence-electron chi connectivity index (χ3n) is 1.87. The van der Waals surface area contributed by atoms with Crippen molar-refractivity contribution in [2.45, 2.75) is 6.92 Å². The molecule has 0 N–H and O–H groups in total. The van der Waals surface area contributed by atoms with E-state index in [9.17, 15) is 4.39 Å². The van der Waals surface area contributed by atoms with Gasteiger partial charge in [0, 0.05) is 5.39 Å². The summed E-state index contributed by atoms with van der Waals surface area (Å²) in [6.07, 6.45) is 0. The molecule has 0 radical (unpaired) electrons. The number of hydrogen-bond acceptors (Lipinski definition) is 1. The van der Waals surface area contributed by atoms with Crippen molar-refractivity contribution in [2.24, 2.45) is 0 Å². The minimum Gasteiger partial charge on any atom is -0.236 e. The highest BCUT2D eigenvalue weighted by atomic mass is 35.5. The van der Waals surface area contributed by atoms with Gasteiger partial charge in [0.15, 0.2) is 0 Å². The number of nitrogens with zero attached hydrogens (tertiary/aromatic N) is 1. The molecule has 1 aromatic carbocycles. The van der Waals surface area contributed by atoms with Crippen LogP contribution in [0.1, 0.15) is 5.56 Å². The molecule has 0 aliphatic carbocycles. The number of aromatic nitrogens is 1. The maximum absolute atomic E-state index is 13.3. The average molecular weight is 196 g/mol. The normalized spacial score (nSPS) is 10.7. The van der Waals surface area contributed by atoms with E-state index in [4.69, 9.17) is 11.6 Å². The fourth-order valence-electron chi connectivity index (χ4n) is 1.30. The molecule has 2 aromatic rings. The molecule has 0 bridgehead atoms. The molecule has 66 valence electrons. The summed E-state index contributed by atoms with van der Waals surface area (Å²) in [7, 11) is 0. The summed E-state index contributed by atoms with van der Waals surface area (Å²) in [5.74, 6) is -0.251. The third-order valence-corrected chi connectivity index (χ3v) is 2.08. The molecule has 0 atom stereocenters. The van der Waals surface area contributed by atoms with Crippen LogP contribution < -0.4 is 0 Å². The van der Waals surface area contributed by atoms with Gasteiger partial charge in [-0.3, -0.25) is 0 Å². The number of hydrogen-bond donors (Lipinski definition) is 0. The van der Waals surface area contributed by atoms with Gasteiger partial charge in [0.25, 0.3) is 0 Å². The molecule has 13 heavy (non-hydrogen) atoms. The lowest BCUT2D eigenvalue weighted by molar-refractivity contribution is 0.638.